The van der Waals surface area contributed by atoms with Crippen LogP contribution in [0.1, 0.15) is 21.5 Å². The fourth-order valence-electron chi connectivity index (χ4n) is 2.83. The average molecular weight is 376 g/mol. The number of aromatic nitrogens is 3. The quantitative estimate of drug-likeness (QED) is 0.560. The van der Waals surface area contributed by atoms with E-state index in [1.54, 1.807) is 53.3 Å². The second-order valence-corrected chi connectivity index (χ2v) is 6.19. The summed E-state index contributed by atoms with van der Waals surface area (Å²) in [6.07, 6.45) is 3.32. The van der Waals surface area contributed by atoms with Crippen molar-refractivity contribution in [3.05, 3.63) is 95.7 Å². The minimum Gasteiger partial charge on any atom is -0.489 e. The van der Waals surface area contributed by atoms with Crippen molar-refractivity contribution < 1.29 is 13.9 Å². The average Bonchev–Trinajstić information content (AvgIpc) is 3.21. The lowest BCUT2D eigenvalue weighted by molar-refractivity contribution is 0.0952. The first-order valence-electron chi connectivity index (χ1n) is 8.72. The molecule has 0 aliphatic rings. The monoisotopic (exact) mass is 376 g/mol. The first kappa shape index (κ1) is 17.7. The fraction of sp³-hybridized carbons (Fsp3) is 0.0952. The minimum absolute atomic E-state index is 0.136. The van der Waals surface area contributed by atoms with Crippen LogP contribution in [-0.4, -0.2) is 20.5 Å². The molecule has 0 spiro atoms. The lowest BCUT2D eigenvalue weighted by atomic mass is 10.2. The van der Waals surface area contributed by atoms with Gasteiger partial charge in [-0.25, -0.2) is 4.39 Å². The summed E-state index contributed by atoms with van der Waals surface area (Å²) in [5.74, 6) is 0.0689. The summed E-state index contributed by atoms with van der Waals surface area (Å²) in [5, 5.41) is 10.7. The Kier molecular flexibility index (Phi) is 4.97. The lowest BCUT2D eigenvalue weighted by Crippen LogP contribution is -2.23. The number of carbonyl (C=O) groups is 1. The van der Waals surface area contributed by atoms with Crippen LogP contribution in [0.25, 0.3) is 5.65 Å². The molecule has 0 atom stereocenters. The molecule has 28 heavy (non-hydrogen) atoms. The number of nitrogens with one attached hydrogen (secondary N) is 1. The summed E-state index contributed by atoms with van der Waals surface area (Å²) in [6.45, 7) is 0.461. The van der Waals surface area contributed by atoms with Crippen LogP contribution in [0.15, 0.2) is 73.2 Å². The van der Waals surface area contributed by atoms with E-state index in [1.165, 1.54) is 6.07 Å². The van der Waals surface area contributed by atoms with E-state index in [-0.39, 0.29) is 18.3 Å². The van der Waals surface area contributed by atoms with Crippen LogP contribution < -0.4 is 10.1 Å². The molecule has 0 unspecified atom stereocenters. The van der Waals surface area contributed by atoms with E-state index in [2.05, 4.69) is 15.5 Å². The van der Waals surface area contributed by atoms with Gasteiger partial charge in [0.05, 0.1) is 5.56 Å². The molecule has 7 heteroatoms. The van der Waals surface area contributed by atoms with Gasteiger partial charge in [-0.3, -0.25) is 9.20 Å². The van der Waals surface area contributed by atoms with Crippen LogP contribution in [0, 0.1) is 5.82 Å². The van der Waals surface area contributed by atoms with Crippen molar-refractivity contribution in [1.29, 1.82) is 0 Å². The third kappa shape index (κ3) is 3.83. The van der Waals surface area contributed by atoms with E-state index in [0.717, 1.165) is 5.56 Å². The minimum atomic E-state index is -0.298. The van der Waals surface area contributed by atoms with E-state index in [1.807, 2.05) is 18.2 Å². The van der Waals surface area contributed by atoms with Gasteiger partial charge in [0.2, 0.25) is 0 Å². The SMILES string of the molecule is O=C(NCc1cccc(OCc2ccccc2F)c1)c1cccn2cnnc12. The summed E-state index contributed by atoms with van der Waals surface area (Å²) in [7, 11) is 0. The number of rotatable bonds is 6. The van der Waals surface area contributed by atoms with Gasteiger partial charge in [-0.2, -0.15) is 0 Å². The highest BCUT2D eigenvalue weighted by atomic mass is 19.1. The molecule has 0 saturated carbocycles. The van der Waals surface area contributed by atoms with Crippen LogP contribution in [0.3, 0.4) is 0 Å². The molecule has 4 rings (SSSR count). The number of ether oxygens (including phenoxy) is 1. The molecule has 4 aromatic rings. The molecule has 0 aliphatic heterocycles. The summed E-state index contributed by atoms with van der Waals surface area (Å²) in [5.41, 5.74) is 2.31. The van der Waals surface area contributed by atoms with Crippen molar-refractivity contribution in [2.45, 2.75) is 13.2 Å². The van der Waals surface area contributed by atoms with E-state index in [9.17, 15) is 9.18 Å². The maximum atomic E-state index is 13.7. The zero-order valence-corrected chi connectivity index (χ0v) is 14.9. The van der Waals surface area contributed by atoms with Gasteiger partial charge >= 0.3 is 0 Å². The Balaban J connectivity index is 1.40. The molecule has 0 radical (unpaired) electrons. The Morgan fingerprint density at radius 3 is 2.89 bits per heavy atom. The maximum Gasteiger partial charge on any atom is 0.255 e. The zero-order valence-electron chi connectivity index (χ0n) is 14.9. The molecule has 0 saturated heterocycles. The number of halogens is 1. The molecule has 2 heterocycles. The summed E-state index contributed by atoms with van der Waals surface area (Å²) in [6, 6.07) is 17.3. The molecular formula is C21H17FN4O2. The summed E-state index contributed by atoms with van der Waals surface area (Å²) >= 11 is 0. The van der Waals surface area contributed by atoms with Crippen molar-refractivity contribution in [3.63, 3.8) is 0 Å². The molecule has 6 nitrogen and oxygen atoms in total. The second-order valence-electron chi connectivity index (χ2n) is 6.19. The molecule has 140 valence electrons. The Hall–Kier alpha value is -3.74. The topological polar surface area (TPSA) is 68.5 Å². The predicted octanol–water partition coefficient (Wildman–Crippen LogP) is 3.38. The van der Waals surface area contributed by atoms with E-state index < -0.39 is 0 Å². The predicted molar refractivity (Wildman–Crippen MR) is 101 cm³/mol. The van der Waals surface area contributed by atoms with Crippen LogP contribution in [0.4, 0.5) is 4.39 Å². The van der Waals surface area contributed by atoms with Gasteiger partial charge in [0, 0.05) is 18.3 Å². The molecule has 1 N–H and O–H groups in total. The Labute approximate surface area is 160 Å². The van der Waals surface area contributed by atoms with Gasteiger partial charge < -0.3 is 10.1 Å². The summed E-state index contributed by atoms with van der Waals surface area (Å²) in [4.78, 5) is 12.5. The molecule has 0 aliphatic carbocycles. The smallest absolute Gasteiger partial charge is 0.255 e. The normalized spacial score (nSPS) is 10.8. The largest absolute Gasteiger partial charge is 0.489 e. The van der Waals surface area contributed by atoms with Crippen molar-refractivity contribution in [1.82, 2.24) is 19.9 Å². The third-order valence-corrected chi connectivity index (χ3v) is 4.27. The number of hydrogen-bond acceptors (Lipinski definition) is 4. The zero-order chi connectivity index (χ0) is 19.3. The lowest BCUT2D eigenvalue weighted by Gasteiger charge is -2.10. The van der Waals surface area contributed by atoms with Crippen molar-refractivity contribution >= 4 is 11.6 Å². The van der Waals surface area contributed by atoms with Gasteiger partial charge in [-0.1, -0.05) is 30.3 Å². The fourth-order valence-corrected chi connectivity index (χ4v) is 2.83. The number of hydrogen-bond donors (Lipinski definition) is 1. The van der Waals surface area contributed by atoms with Crippen molar-refractivity contribution in [2.24, 2.45) is 0 Å². The number of carbonyl (C=O) groups excluding carboxylic acids is 1. The first-order valence-corrected chi connectivity index (χ1v) is 8.72. The van der Waals surface area contributed by atoms with E-state index in [0.29, 0.717) is 29.1 Å². The standard InChI is InChI=1S/C21H17FN4O2/c22-19-9-2-1-6-16(19)13-28-17-7-3-5-15(11-17)12-23-21(27)18-8-4-10-26-14-24-25-20(18)26/h1-11,14H,12-13H2,(H,23,27). The molecule has 0 bridgehead atoms. The molecular weight excluding hydrogens is 359 g/mol. The van der Waals surface area contributed by atoms with Crippen molar-refractivity contribution in [3.8, 4) is 5.75 Å². The maximum absolute atomic E-state index is 13.7. The van der Waals surface area contributed by atoms with Crippen LogP contribution in [0.2, 0.25) is 0 Å². The van der Waals surface area contributed by atoms with Gasteiger partial charge in [0.15, 0.2) is 5.65 Å². The Morgan fingerprint density at radius 1 is 1.11 bits per heavy atom. The number of nitrogens with zero attached hydrogens (tertiary/aromatic N) is 3. The Bertz CT molecular complexity index is 1130. The number of amides is 1. The van der Waals surface area contributed by atoms with Crippen LogP contribution in [0.5, 0.6) is 5.75 Å². The van der Waals surface area contributed by atoms with Gasteiger partial charge in [-0.05, 0) is 35.9 Å². The highest BCUT2D eigenvalue weighted by Crippen LogP contribution is 2.17. The van der Waals surface area contributed by atoms with Crippen LogP contribution in [-0.2, 0) is 13.2 Å². The molecule has 0 fully saturated rings. The summed E-state index contributed by atoms with van der Waals surface area (Å²) < 4.78 is 21.1. The highest BCUT2D eigenvalue weighted by Gasteiger charge is 2.12. The van der Waals surface area contributed by atoms with E-state index in [4.69, 9.17) is 4.74 Å². The van der Waals surface area contributed by atoms with Gasteiger partial charge in [0.25, 0.3) is 5.91 Å². The molecule has 2 aromatic carbocycles. The van der Waals surface area contributed by atoms with Gasteiger partial charge in [0.1, 0.15) is 24.5 Å². The van der Waals surface area contributed by atoms with Crippen LogP contribution >= 0.6 is 0 Å². The number of pyridine rings is 1. The number of fused-ring (bicyclic) bond motifs is 1. The number of benzene rings is 2. The highest BCUT2D eigenvalue weighted by molar-refractivity contribution is 5.99. The Morgan fingerprint density at radius 2 is 2.00 bits per heavy atom. The van der Waals surface area contributed by atoms with Crippen molar-refractivity contribution in [2.75, 3.05) is 0 Å². The first-order chi connectivity index (χ1) is 13.7. The van der Waals surface area contributed by atoms with E-state index >= 15 is 0 Å². The second kappa shape index (κ2) is 7.87. The third-order valence-electron chi connectivity index (χ3n) is 4.27. The molecule has 2 aromatic heterocycles. The van der Waals surface area contributed by atoms with Gasteiger partial charge in [-0.15, -0.1) is 10.2 Å². The molecule has 1 amide bonds.